The van der Waals surface area contributed by atoms with Crippen molar-refractivity contribution in [2.75, 3.05) is 11.9 Å². The molecule has 0 radical (unpaired) electrons. The van der Waals surface area contributed by atoms with Crippen LogP contribution in [0.5, 0.6) is 0 Å². The van der Waals surface area contributed by atoms with Gasteiger partial charge in [0.25, 0.3) is 0 Å². The molecular weight excluding hydrogens is 360 g/mol. The van der Waals surface area contributed by atoms with Crippen LogP contribution in [0.4, 0.5) is 5.69 Å². The highest BCUT2D eigenvalue weighted by Crippen LogP contribution is 2.24. The molecule has 0 heterocycles. The van der Waals surface area contributed by atoms with E-state index < -0.39 is 5.92 Å². The number of carbonyl (C=O) groups is 2. The Morgan fingerprint density at radius 3 is 1.72 bits per heavy atom. The zero-order valence-electron chi connectivity index (χ0n) is 16.8. The first-order valence-electron chi connectivity index (χ1n) is 9.82. The van der Waals surface area contributed by atoms with Crippen molar-refractivity contribution in [3.63, 3.8) is 0 Å². The van der Waals surface area contributed by atoms with E-state index in [1.54, 1.807) is 0 Å². The van der Waals surface area contributed by atoms with E-state index in [-0.39, 0.29) is 18.4 Å². The molecule has 3 rings (SSSR count). The van der Waals surface area contributed by atoms with Crippen molar-refractivity contribution < 1.29 is 9.59 Å². The molecule has 0 unspecified atom stereocenters. The lowest BCUT2D eigenvalue weighted by atomic mass is 9.90. The van der Waals surface area contributed by atoms with Gasteiger partial charge in [-0.3, -0.25) is 9.59 Å². The monoisotopic (exact) mass is 386 g/mol. The lowest BCUT2D eigenvalue weighted by molar-refractivity contribution is -0.124. The van der Waals surface area contributed by atoms with Gasteiger partial charge in [0.1, 0.15) is 0 Å². The first-order valence-corrected chi connectivity index (χ1v) is 9.82. The minimum atomic E-state index is -0.462. The second kappa shape index (κ2) is 9.69. The van der Waals surface area contributed by atoms with Crippen molar-refractivity contribution >= 4 is 17.5 Å². The standard InChI is InChI=1S/C25H26N2O2/c1-18(2)19-13-15-22(16-14-19)27-23(28)17-26-25(29)24(20-9-5-3-6-10-20)21-11-7-4-8-12-21/h3-16,18,24H,17H2,1-2H3,(H,26,29)(H,27,28). The number of nitrogens with one attached hydrogen (secondary N) is 2. The highest BCUT2D eigenvalue weighted by molar-refractivity contribution is 5.96. The largest absolute Gasteiger partial charge is 0.346 e. The number of hydrogen-bond acceptors (Lipinski definition) is 2. The van der Waals surface area contributed by atoms with Gasteiger partial charge in [-0.15, -0.1) is 0 Å². The molecule has 3 aromatic rings. The molecule has 0 aromatic heterocycles. The highest BCUT2D eigenvalue weighted by Gasteiger charge is 2.22. The molecule has 0 aliphatic carbocycles. The van der Waals surface area contributed by atoms with Crippen LogP contribution in [0.25, 0.3) is 0 Å². The van der Waals surface area contributed by atoms with E-state index in [1.807, 2.05) is 84.9 Å². The minimum Gasteiger partial charge on any atom is -0.346 e. The molecule has 0 aliphatic heterocycles. The summed E-state index contributed by atoms with van der Waals surface area (Å²) in [6, 6.07) is 26.9. The van der Waals surface area contributed by atoms with Crippen LogP contribution in [-0.2, 0) is 9.59 Å². The Hall–Kier alpha value is -3.40. The number of benzene rings is 3. The second-order valence-corrected chi connectivity index (χ2v) is 7.30. The summed E-state index contributed by atoms with van der Waals surface area (Å²) >= 11 is 0. The third kappa shape index (κ3) is 5.55. The van der Waals surface area contributed by atoms with Gasteiger partial charge in [0.15, 0.2) is 0 Å². The second-order valence-electron chi connectivity index (χ2n) is 7.30. The lowest BCUT2D eigenvalue weighted by Gasteiger charge is -2.18. The van der Waals surface area contributed by atoms with E-state index in [0.717, 1.165) is 16.8 Å². The zero-order valence-corrected chi connectivity index (χ0v) is 16.8. The van der Waals surface area contributed by atoms with E-state index in [2.05, 4.69) is 24.5 Å². The van der Waals surface area contributed by atoms with Crippen molar-refractivity contribution in [3.8, 4) is 0 Å². The topological polar surface area (TPSA) is 58.2 Å². The molecule has 3 aromatic carbocycles. The van der Waals surface area contributed by atoms with Gasteiger partial charge in [-0.05, 0) is 34.7 Å². The molecule has 4 heteroatoms. The van der Waals surface area contributed by atoms with Gasteiger partial charge in [-0.25, -0.2) is 0 Å². The fraction of sp³-hybridized carbons (Fsp3) is 0.200. The van der Waals surface area contributed by atoms with E-state index in [4.69, 9.17) is 0 Å². The van der Waals surface area contributed by atoms with Crippen LogP contribution in [0.15, 0.2) is 84.9 Å². The van der Waals surface area contributed by atoms with Crippen LogP contribution < -0.4 is 10.6 Å². The number of carbonyl (C=O) groups excluding carboxylic acids is 2. The molecular formula is C25H26N2O2. The molecule has 2 N–H and O–H groups in total. The fourth-order valence-electron chi connectivity index (χ4n) is 3.21. The molecule has 29 heavy (non-hydrogen) atoms. The summed E-state index contributed by atoms with van der Waals surface area (Å²) in [6.45, 7) is 4.17. The fourth-order valence-corrected chi connectivity index (χ4v) is 3.21. The molecule has 0 atom stereocenters. The van der Waals surface area contributed by atoms with Gasteiger partial charge < -0.3 is 10.6 Å². The first kappa shape index (κ1) is 20.3. The summed E-state index contributed by atoms with van der Waals surface area (Å²) < 4.78 is 0. The maximum absolute atomic E-state index is 12.9. The summed E-state index contributed by atoms with van der Waals surface area (Å²) in [4.78, 5) is 25.2. The molecule has 4 nitrogen and oxygen atoms in total. The molecule has 148 valence electrons. The number of rotatable bonds is 7. The average Bonchev–Trinajstić information content (AvgIpc) is 2.74. The smallest absolute Gasteiger partial charge is 0.243 e. The maximum atomic E-state index is 12.9. The van der Waals surface area contributed by atoms with Crippen LogP contribution in [0, 0.1) is 0 Å². The average molecular weight is 386 g/mol. The molecule has 0 bridgehead atoms. The molecule has 0 spiro atoms. The Morgan fingerprint density at radius 2 is 1.24 bits per heavy atom. The summed E-state index contributed by atoms with van der Waals surface area (Å²) in [5.41, 5.74) is 3.71. The Labute approximate surface area is 172 Å². The van der Waals surface area contributed by atoms with Crippen LogP contribution in [0.2, 0.25) is 0 Å². The van der Waals surface area contributed by atoms with Crippen molar-refractivity contribution in [2.45, 2.75) is 25.7 Å². The quantitative estimate of drug-likeness (QED) is 0.618. The lowest BCUT2D eigenvalue weighted by Crippen LogP contribution is -2.36. The van der Waals surface area contributed by atoms with Gasteiger partial charge in [-0.2, -0.15) is 0 Å². The van der Waals surface area contributed by atoms with Gasteiger partial charge in [0, 0.05) is 5.69 Å². The van der Waals surface area contributed by atoms with E-state index in [9.17, 15) is 9.59 Å². The van der Waals surface area contributed by atoms with Crippen molar-refractivity contribution in [2.24, 2.45) is 0 Å². The summed E-state index contributed by atoms with van der Waals surface area (Å²) in [6.07, 6.45) is 0. The van der Waals surface area contributed by atoms with E-state index >= 15 is 0 Å². The van der Waals surface area contributed by atoms with Crippen molar-refractivity contribution in [1.29, 1.82) is 0 Å². The summed E-state index contributed by atoms with van der Waals surface area (Å²) in [7, 11) is 0. The number of hydrogen-bond donors (Lipinski definition) is 2. The van der Waals surface area contributed by atoms with Gasteiger partial charge in [-0.1, -0.05) is 86.6 Å². The maximum Gasteiger partial charge on any atom is 0.243 e. The van der Waals surface area contributed by atoms with E-state index in [0.29, 0.717) is 5.92 Å². The summed E-state index contributed by atoms with van der Waals surface area (Å²) in [5, 5.41) is 5.61. The third-order valence-electron chi connectivity index (χ3n) is 4.81. The predicted octanol–water partition coefficient (Wildman–Crippen LogP) is 4.70. The number of amides is 2. The SMILES string of the molecule is CC(C)c1ccc(NC(=O)CNC(=O)C(c2ccccc2)c2ccccc2)cc1. The van der Waals surface area contributed by atoms with Crippen LogP contribution in [0.3, 0.4) is 0 Å². The van der Waals surface area contributed by atoms with Gasteiger partial charge in [0.05, 0.1) is 12.5 Å². The molecule has 0 aliphatic rings. The Kier molecular flexibility index (Phi) is 6.80. The van der Waals surface area contributed by atoms with Crippen LogP contribution >= 0.6 is 0 Å². The van der Waals surface area contributed by atoms with Gasteiger partial charge >= 0.3 is 0 Å². The normalized spacial score (nSPS) is 10.8. The first-order chi connectivity index (χ1) is 14.0. The van der Waals surface area contributed by atoms with Crippen LogP contribution in [0.1, 0.15) is 42.4 Å². The predicted molar refractivity (Wildman–Crippen MR) is 117 cm³/mol. The van der Waals surface area contributed by atoms with Crippen molar-refractivity contribution in [1.82, 2.24) is 5.32 Å². The summed E-state index contributed by atoms with van der Waals surface area (Å²) in [5.74, 6) is -0.481. The third-order valence-corrected chi connectivity index (χ3v) is 4.81. The molecule has 0 fully saturated rings. The molecule has 2 amide bonds. The van der Waals surface area contributed by atoms with E-state index in [1.165, 1.54) is 5.56 Å². The molecule has 0 saturated heterocycles. The van der Waals surface area contributed by atoms with Gasteiger partial charge in [0.2, 0.25) is 11.8 Å². The number of anilines is 1. The Balaban J connectivity index is 1.64. The Morgan fingerprint density at radius 1 is 0.724 bits per heavy atom. The highest BCUT2D eigenvalue weighted by atomic mass is 16.2. The minimum absolute atomic E-state index is 0.0824. The Bertz CT molecular complexity index is 896. The van der Waals surface area contributed by atoms with Crippen molar-refractivity contribution in [3.05, 3.63) is 102 Å². The zero-order chi connectivity index (χ0) is 20.6. The van der Waals surface area contributed by atoms with Crippen LogP contribution in [-0.4, -0.2) is 18.4 Å². The molecule has 0 saturated carbocycles.